The molecule has 2 N–H and O–H groups in total. The molecule has 0 aliphatic rings. The maximum absolute atomic E-state index is 5.42. The molecule has 0 amide bonds. The monoisotopic (exact) mass is 363 g/mol. The fraction of sp³-hybridized carbons (Fsp3) is 0.200. The molecular formula is C20H21N5O2. The summed E-state index contributed by atoms with van der Waals surface area (Å²) in [7, 11) is 7.28. The van der Waals surface area contributed by atoms with E-state index in [2.05, 4.69) is 37.3 Å². The number of fused-ring (bicyclic) bond motifs is 3. The Morgan fingerprint density at radius 2 is 1.67 bits per heavy atom. The predicted octanol–water partition coefficient (Wildman–Crippen LogP) is 3.94. The third-order valence-electron chi connectivity index (χ3n) is 4.53. The van der Waals surface area contributed by atoms with Gasteiger partial charge in [0.25, 0.3) is 0 Å². The average molecular weight is 363 g/mol. The first-order chi connectivity index (χ1) is 13.1. The molecule has 138 valence electrons. The van der Waals surface area contributed by atoms with Crippen molar-refractivity contribution in [1.82, 2.24) is 15.0 Å². The van der Waals surface area contributed by atoms with Gasteiger partial charge in [0.2, 0.25) is 0 Å². The summed E-state index contributed by atoms with van der Waals surface area (Å²) in [6.07, 6.45) is 1.56. The first-order valence-corrected chi connectivity index (χ1v) is 8.53. The van der Waals surface area contributed by atoms with Crippen LogP contribution in [-0.2, 0) is 0 Å². The molecule has 0 spiro atoms. The van der Waals surface area contributed by atoms with Crippen LogP contribution < -0.4 is 19.7 Å². The maximum atomic E-state index is 5.42. The number of hydrogen-bond acceptors (Lipinski definition) is 6. The highest BCUT2D eigenvalue weighted by molar-refractivity contribution is 6.09. The number of nitrogens with zero attached hydrogens (tertiary/aromatic N) is 3. The Morgan fingerprint density at radius 3 is 2.33 bits per heavy atom. The van der Waals surface area contributed by atoms with Gasteiger partial charge < -0.3 is 24.7 Å². The topological polar surface area (TPSA) is 75.3 Å². The molecule has 0 unspecified atom stereocenters. The zero-order valence-electron chi connectivity index (χ0n) is 15.7. The Kier molecular flexibility index (Phi) is 4.19. The zero-order chi connectivity index (χ0) is 19.0. The van der Waals surface area contributed by atoms with Gasteiger partial charge in [-0.1, -0.05) is 0 Å². The van der Waals surface area contributed by atoms with Gasteiger partial charge in [0.15, 0.2) is 17.3 Å². The lowest BCUT2D eigenvalue weighted by molar-refractivity contribution is 0.356. The highest BCUT2D eigenvalue weighted by atomic mass is 16.5. The minimum Gasteiger partial charge on any atom is -0.493 e. The van der Waals surface area contributed by atoms with Crippen LogP contribution in [0, 0.1) is 0 Å². The second kappa shape index (κ2) is 6.68. The standard InChI is InChI=1S/C20H21N5O2/c1-25(2)13-7-5-12(6-8-13)23-20-19-18(21-11-22-20)14-9-16(26-3)17(27-4)10-15(14)24-19/h5-11,24H,1-4H3,(H,21,22,23). The second-order valence-electron chi connectivity index (χ2n) is 6.39. The van der Waals surface area contributed by atoms with Crippen molar-refractivity contribution in [2.75, 3.05) is 38.5 Å². The fourth-order valence-corrected chi connectivity index (χ4v) is 3.10. The molecule has 0 aliphatic carbocycles. The van der Waals surface area contributed by atoms with Crippen LogP contribution in [0.5, 0.6) is 11.5 Å². The molecule has 0 fully saturated rings. The summed E-state index contributed by atoms with van der Waals surface area (Å²) in [5.74, 6) is 2.04. The molecule has 2 aromatic heterocycles. The minimum absolute atomic E-state index is 0.665. The summed E-state index contributed by atoms with van der Waals surface area (Å²) >= 11 is 0. The van der Waals surface area contributed by atoms with Crippen molar-refractivity contribution in [1.29, 1.82) is 0 Å². The van der Waals surface area contributed by atoms with Crippen LogP contribution in [0.2, 0.25) is 0 Å². The molecule has 2 aromatic carbocycles. The van der Waals surface area contributed by atoms with Crippen LogP contribution >= 0.6 is 0 Å². The van der Waals surface area contributed by atoms with Crippen molar-refractivity contribution in [2.45, 2.75) is 0 Å². The van der Waals surface area contributed by atoms with Crippen LogP contribution in [0.1, 0.15) is 0 Å². The Morgan fingerprint density at radius 1 is 0.963 bits per heavy atom. The van der Waals surface area contributed by atoms with E-state index in [1.165, 1.54) is 0 Å². The number of hydrogen-bond donors (Lipinski definition) is 2. The van der Waals surface area contributed by atoms with Gasteiger partial charge in [-0.25, -0.2) is 9.97 Å². The van der Waals surface area contributed by atoms with Gasteiger partial charge in [0.1, 0.15) is 17.4 Å². The Labute approximate surface area is 156 Å². The normalized spacial score (nSPS) is 11.0. The van der Waals surface area contributed by atoms with Crippen molar-refractivity contribution in [2.24, 2.45) is 0 Å². The van der Waals surface area contributed by atoms with Crippen LogP contribution in [0.25, 0.3) is 21.9 Å². The number of H-pyrrole nitrogens is 1. The van der Waals surface area contributed by atoms with E-state index in [9.17, 15) is 0 Å². The van der Waals surface area contributed by atoms with Crippen molar-refractivity contribution in [3.8, 4) is 11.5 Å². The van der Waals surface area contributed by atoms with Gasteiger partial charge in [-0.05, 0) is 30.3 Å². The van der Waals surface area contributed by atoms with Gasteiger partial charge in [0, 0.05) is 36.9 Å². The first kappa shape index (κ1) is 17.0. The van der Waals surface area contributed by atoms with Crippen molar-refractivity contribution in [3.05, 3.63) is 42.7 Å². The summed E-state index contributed by atoms with van der Waals surface area (Å²) in [4.78, 5) is 14.3. The van der Waals surface area contributed by atoms with Gasteiger partial charge in [0.05, 0.1) is 19.7 Å². The largest absolute Gasteiger partial charge is 0.493 e. The number of aromatic nitrogens is 3. The lowest BCUT2D eigenvalue weighted by Crippen LogP contribution is -2.08. The summed E-state index contributed by atoms with van der Waals surface area (Å²) in [6, 6.07) is 12.0. The molecular weight excluding hydrogens is 342 g/mol. The summed E-state index contributed by atoms with van der Waals surface area (Å²) in [5, 5.41) is 4.32. The lowest BCUT2D eigenvalue weighted by Gasteiger charge is -2.13. The van der Waals surface area contributed by atoms with E-state index in [1.54, 1.807) is 20.5 Å². The highest BCUT2D eigenvalue weighted by Gasteiger charge is 2.14. The Bertz CT molecular complexity index is 1100. The van der Waals surface area contributed by atoms with E-state index in [1.807, 2.05) is 38.4 Å². The molecule has 0 saturated carbocycles. The first-order valence-electron chi connectivity index (χ1n) is 8.53. The van der Waals surface area contributed by atoms with Gasteiger partial charge >= 0.3 is 0 Å². The van der Waals surface area contributed by atoms with Crippen molar-refractivity contribution in [3.63, 3.8) is 0 Å². The quantitative estimate of drug-likeness (QED) is 0.559. The molecule has 4 aromatic rings. The number of benzene rings is 2. The predicted molar refractivity (Wildman–Crippen MR) is 109 cm³/mol. The molecule has 4 rings (SSSR count). The van der Waals surface area contributed by atoms with E-state index < -0.39 is 0 Å². The summed E-state index contributed by atoms with van der Waals surface area (Å²) < 4.78 is 10.8. The number of methoxy groups -OCH3 is 2. The van der Waals surface area contributed by atoms with Crippen LogP contribution in [0.4, 0.5) is 17.2 Å². The number of nitrogens with one attached hydrogen (secondary N) is 2. The third kappa shape index (κ3) is 2.97. The van der Waals surface area contributed by atoms with E-state index in [0.29, 0.717) is 17.3 Å². The maximum Gasteiger partial charge on any atom is 0.162 e. The molecule has 7 heteroatoms. The molecule has 0 bridgehead atoms. The fourth-order valence-electron chi connectivity index (χ4n) is 3.10. The molecule has 7 nitrogen and oxygen atoms in total. The van der Waals surface area contributed by atoms with Crippen molar-refractivity contribution >= 4 is 39.1 Å². The third-order valence-corrected chi connectivity index (χ3v) is 4.53. The number of ether oxygens (including phenoxy) is 2. The van der Waals surface area contributed by atoms with Crippen LogP contribution in [0.3, 0.4) is 0 Å². The Hall–Kier alpha value is -3.48. The zero-order valence-corrected chi connectivity index (χ0v) is 15.7. The number of aromatic amines is 1. The van der Waals surface area contributed by atoms with Gasteiger partial charge in [-0.15, -0.1) is 0 Å². The highest BCUT2D eigenvalue weighted by Crippen LogP contribution is 2.36. The molecule has 0 atom stereocenters. The summed E-state index contributed by atoms with van der Waals surface area (Å²) in [6.45, 7) is 0. The molecule has 0 saturated heterocycles. The average Bonchev–Trinajstić information content (AvgIpc) is 3.06. The van der Waals surface area contributed by atoms with Crippen LogP contribution in [0.15, 0.2) is 42.7 Å². The van der Waals surface area contributed by atoms with E-state index in [0.717, 1.165) is 33.3 Å². The smallest absolute Gasteiger partial charge is 0.162 e. The van der Waals surface area contributed by atoms with E-state index >= 15 is 0 Å². The second-order valence-corrected chi connectivity index (χ2v) is 6.39. The number of rotatable bonds is 5. The van der Waals surface area contributed by atoms with E-state index in [-0.39, 0.29) is 0 Å². The lowest BCUT2D eigenvalue weighted by atomic mass is 10.2. The summed E-state index contributed by atoms with van der Waals surface area (Å²) in [5.41, 5.74) is 4.66. The minimum atomic E-state index is 0.665. The van der Waals surface area contributed by atoms with Crippen LogP contribution in [-0.4, -0.2) is 43.3 Å². The molecule has 27 heavy (non-hydrogen) atoms. The van der Waals surface area contributed by atoms with E-state index in [4.69, 9.17) is 9.47 Å². The van der Waals surface area contributed by atoms with Gasteiger partial charge in [-0.3, -0.25) is 0 Å². The molecule has 2 heterocycles. The molecule has 0 aliphatic heterocycles. The SMILES string of the molecule is COc1cc2[nH]c3c(Nc4ccc(N(C)C)cc4)ncnc3c2cc1OC. The van der Waals surface area contributed by atoms with Crippen molar-refractivity contribution < 1.29 is 9.47 Å². The Balaban J connectivity index is 1.79. The number of anilines is 3. The molecule has 0 radical (unpaired) electrons. The van der Waals surface area contributed by atoms with Gasteiger partial charge in [-0.2, -0.15) is 0 Å².